The van der Waals surface area contributed by atoms with Crippen LogP contribution < -0.4 is 0 Å². The predicted octanol–water partition coefficient (Wildman–Crippen LogP) is 2.90. The minimum atomic E-state index is -0.257. The SMILES string of the molecule is C=C(Br)CN1CC[C@@]2(C)CC3(CC[C@@H]12)OCCO3. The highest BCUT2D eigenvalue weighted by Gasteiger charge is 2.54. The first-order chi connectivity index (χ1) is 8.53. The van der Waals surface area contributed by atoms with Crippen molar-refractivity contribution in [3.63, 3.8) is 0 Å². The van der Waals surface area contributed by atoms with E-state index < -0.39 is 0 Å². The highest BCUT2D eigenvalue weighted by Crippen LogP contribution is 2.52. The summed E-state index contributed by atoms with van der Waals surface area (Å²) in [6.07, 6.45) is 4.51. The molecular formula is C14H22BrNO2. The molecule has 0 radical (unpaired) electrons. The number of ether oxygens (including phenoxy) is 2. The summed E-state index contributed by atoms with van der Waals surface area (Å²) in [4.78, 5) is 2.57. The molecule has 2 aliphatic heterocycles. The number of hydrogen-bond acceptors (Lipinski definition) is 3. The number of nitrogens with zero attached hydrogens (tertiary/aromatic N) is 1. The van der Waals surface area contributed by atoms with Crippen LogP contribution in [0.3, 0.4) is 0 Å². The third-order valence-electron chi connectivity index (χ3n) is 4.88. The van der Waals surface area contributed by atoms with Crippen molar-refractivity contribution in [2.75, 3.05) is 26.3 Å². The summed E-state index contributed by atoms with van der Waals surface area (Å²) < 4.78 is 12.9. The lowest BCUT2D eigenvalue weighted by molar-refractivity contribution is -0.205. The molecule has 0 N–H and O–H groups in total. The van der Waals surface area contributed by atoms with Crippen LogP contribution in [0, 0.1) is 5.41 Å². The van der Waals surface area contributed by atoms with Crippen molar-refractivity contribution in [3.8, 4) is 0 Å². The van der Waals surface area contributed by atoms with E-state index in [1.54, 1.807) is 0 Å². The molecule has 0 aromatic carbocycles. The van der Waals surface area contributed by atoms with Gasteiger partial charge < -0.3 is 9.47 Å². The maximum Gasteiger partial charge on any atom is 0.169 e. The van der Waals surface area contributed by atoms with Gasteiger partial charge in [-0.15, -0.1) is 0 Å². The van der Waals surface area contributed by atoms with Crippen LogP contribution in [0.5, 0.6) is 0 Å². The molecule has 0 aromatic heterocycles. The minimum absolute atomic E-state index is 0.257. The maximum atomic E-state index is 5.90. The molecule has 102 valence electrons. The monoisotopic (exact) mass is 315 g/mol. The number of fused-ring (bicyclic) bond motifs is 1. The molecule has 0 bridgehead atoms. The Morgan fingerprint density at radius 2 is 2.11 bits per heavy atom. The van der Waals surface area contributed by atoms with Gasteiger partial charge in [-0.3, -0.25) is 4.90 Å². The van der Waals surface area contributed by atoms with Crippen molar-refractivity contribution < 1.29 is 9.47 Å². The molecule has 3 fully saturated rings. The first kappa shape index (κ1) is 13.1. The van der Waals surface area contributed by atoms with Gasteiger partial charge in [-0.2, -0.15) is 0 Å². The number of rotatable bonds is 2. The lowest BCUT2D eigenvalue weighted by Gasteiger charge is -2.46. The topological polar surface area (TPSA) is 21.7 Å². The molecular weight excluding hydrogens is 294 g/mol. The summed E-state index contributed by atoms with van der Waals surface area (Å²) in [6.45, 7) is 10.0. The van der Waals surface area contributed by atoms with E-state index in [9.17, 15) is 0 Å². The summed E-state index contributed by atoms with van der Waals surface area (Å²) in [6, 6.07) is 0.658. The van der Waals surface area contributed by atoms with E-state index in [4.69, 9.17) is 9.47 Å². The van der Waals surface area contributed by atoms with Crippen molar-refractivity contribution in [3.05, 3.63) is 11.1 Å². The largest absolute Gasteiger partial charge is 0.348 e. The molecule has 18 heavy (non-hydrogen) atoms. The van der Waals surface area contributed by atoms with Crippen molar-refractivity contribution >= 4 is 15.9 Å². The van der Waals surface area contributed by atoms with Crippen LogP contribution in [0.25, 0.3) is 0 Å². The van der Waals surface area contributed by atoms with Gasteiger partial charge in [0.25, 0.3) is 0 Å². The third-order valence-corrected chi connectivity index (χ3v) is 5.13. The normalized spacial score (nSPS) is 39.1. The Kier molecular flexibility index (Phi) is 3.34. The minimum Gasteiger partial charge on any atom is -0.348 e. The van der Waals surface area contributed by atoms with Crippen LogP contribution in [-0.2, 0) is 9.47 Å². The molecule has 4 heteroatoms. The van der Waals surface area contributed by atoms with Gasteiger partial charge in [0, 0.05) is 29.9 Å². The molecule has 2 heterocycles. The van der Waals surface area contributed by atoms with Gasteiger partial charge >= 0.3 is 0 Å². The van der Waals surface area contributed by atoms with Crippen LogP contribution in [0.2, 0.25) is 0 Å². The lowest BCUT2D eigenvalue weighted by Crippen LogP contribution is -2.50. The van der Waals surface area contributed by atoms with Gasteiger partial charge in [0.15, 0.2) is 5.79 Å². The molecule has 0 amide bonds. The number of halogens is 1. The summed E-state index contributed by atoms with van der Waals surface area (Å²) in [5.74, 6) is -0.257. The summed E-state index contributed by atoms with van der Waals surface area (Å²) in [5, 5.41) is 0. The molecule has 1 spiro atoms. The smallest absolute Gasteiger partial charge is 0.169 e. The van der Waals surface area contributed by atoms with Crippen LogP contribution in [0.15, 0.2) is 11.1 Å². The third kappa shape index (κ3) is 2.17. The lowest BCUT2D eigenvalue weighted by atomic mass is 9.69. The van der Waals surface area contributed by atoms with E-state index in [1.165, 1.54) is 19.4 Å². The summed E-state index contributed by atoms with van der Waals surface area (Å²) >= 11 is 3.49. The standard InChI is InChI=1S/C14H22BrNO2/c1-11(15)9-16-6-5-13(2)10-14(4-3-12(13)16)17-7-8-18-14/h12H,1,3-10H2,2H3/t12-,13+/m1/s1. The van der Waals surface area contributed by atoms with Gasteiger partial charge in [0.2, 0.25) is 0 Å². The second kappa shape index (κ2) is 4.58. The van der Waals surface area contributed by atoms with Gasteiger partial charge in [0.05, 0.1) is 13.2 Å². The number of hydrogen-bond donors (Lipinski definition) is 0. The Balaban J connectivity index is 1.74. The van der Waals surface area contributed by atoms with E-state index in [2.05, 4.69) is 34.3 Å². The van der Waals surface area contributed by atoms with Gasteiger partial charge in [-0.1, -0.05) is 29.4 Å². The van der Waals surface area contributed by atoms with Gasteiger partial charge in [0.1, 0.15) is 0 Å². The van der Waals surface area contributed by atoms with E-state index >= 15 is 0 Å². The zero-order chi connectivity index (χ0) is 12.8. The fourth-order valence-electron chi connectivity index (χ4n) is 4.11. The van der Waals surface area contributed by atoms with E-state index in [-0.39, 0.29) is 5.79 Å². The number of likely N-dealkylation sites (tertiary alicyclic amines) is 1. The Labute approximate surface area is 118 Å². The van der Waals surface area contributed by atoms with Crippen molar-refractivity contribution in [1.82, 2.24) is 4.90 Å². The van der Waals surface area contributed by atoms with Crippen molar-refractivity contribution in [1.29, 1.82) is 0 Å². The van der Waals surface area contributed by atoms with Crippen LogP contribution in [0.4, 0.5) is 0 Å². The Morgan fingerprint density at radius 1 is 1.39 bits per heavy atom. The zero-order valence-electron chi connectivity index (χ0n) is 11.1. The van der Waals surface area contributed by atoms with Crippen LogP contribution in [-0.4, -0.2) is 43.0 Å². The average Bonchev–Trinajstić information content (AvgIpc) is 2.84. The maximum absolute atomic E-state index is 5.90. The van der Waals surface area contributed by atoms with Gasteiger partial charge in [-0.25, -0.2) is 0 Å². The molecule has 2 atom stereocenters. The fraction of sp³-hybridized carbons (Fsp3) is 0.857. The van der Waals surface area contributed by atoms with Crippen molar-refractivity contribution in [2.45, 2.75) is 44.4 Å². The molecule has 3 rings (SSSR count). The molecule has 0 unspecified atom stereocenters. The average molecular weight is 316 g/mol. The van der Waals surface area contributed by atoms with E-state index in [0.29, 0.717) is 11.5 Å². The summed E-state index contributed by atoms with van der Waals surface area (Å²) in [7, 11) is 0. The Hall–Kier alpha value is 0.1000. The molecule has 0 aromatic rings. The zero-order valence-corrected chi connectivity index (χ0v) is 12.7. The molecule has 3 nitrogen and oxygen atoms in total. The van der Waals surface area contributed by atoms with Crippen LogP contribution in [0.1, 0.15) is 32.6 Å². The molecule has 1 saturated carbocycles. The molecule has 3 aliphatic rings. The second-order valence-electron chi connectivity index (χ2n) is 6.23. The first-order valence-electron chi connectivity index (χ1n) is 6.88. The fourth-order valence-corrected chi connectivity index (χ4v) is 4.43. The Bertz CT molecular complexity index is 354. The first-order valence-corrected chi connectivity index (χ1v) is 7.68. The van der Waals surface area contributed by atoms with E-state index in [0.717, 1.165) is 37.1 Å². The Morgan fingerprint density at radius 3 is 2.78 bits per heavy atom. The molecule has 1 aliphatic carbocycles. The molecule has 2 saturated heterocycles. The van der Waals surface area contributed by atoms with E-state index in [1.807, 2.05) is 0 Å². The van der Waals surface area contributed by atoms with Crippen molar-refractivity contribution in [2.24, 2.45) is 5.41 Å². The highest BCUT2D eigenvalue weighted by molar-refractivity contribution is 9.11. The quantitative estimate of drug-likeness (QED) is 0.782. The summed E-state index contributed by atoms with van der Waals surface area (Å²) in [5.41, 5.74) is 0.338. The van der Waals surface area contributed by atoms with Gasteiger partial charge in [-0.05, 0) is 24.8 Å². The van der Waals surface area contributed by atoms with Crippen LogP contribution >= 0.6 is 15.9 Å². The highest BCUT2D eigenvalue weighted by atomic mass is 79.9. The predicted molar refractivity (Wildman–Crippen MR) is 74.6 cm³/mol. The second-order valence-corrected chi connectivity index (χ2v) is 7.35.